The molecule has 1 aromatic rings. The van der Waals surface area contributed by atoms with E-state index in [1.54, 1.807) is 0 Å². The van der Waals surface area contributed by atoms with E-state index >= 15 is 0 Å². The molecule has 0 radical (unpaired) electrons. The van der Waals surface area contributed by atoms with Crippen molar-refractivity contribution in [2.24, 2.45) is 5.92 Å². The topological polar surface area (TPSA) is 17.1 Å². The molecule has 0 spiro atoms. The van der Waals surface area contributed by atoms with Crippen molar-refractivity contribution in [3.8, 4) is 0 Å². The summed E-state index contributed by atoms with van der Waals surface area (Å²) in [6.07, 6.45) is 3.41. The first-order chi connectivity index (χ1) is 7.68. The van der Waals surface area contributed by atoms with Crippen molar-refractivity contribution in [2.45, 2.75) is 32.1 Å². The minimum absolute atomic E-state index is 0.0581. The Morgan fingerprint density at radius 1 is 1.19 bits per heavy atom. The standard InChI is InChI=1S/C13H14F2O/c14-11-5-3-6-12(15)10(11)8-9-4-1-2-7-13(9)16/h3,5-6,9H,1-2,4,7-8H2. The SMILES string of the molecule is O=C1CCCCC1Cc1c(F)cccc1F. The summed E-state index contributed by atoms with van der Waals surface area (Å²) in [5.41, 5.74) is 0.0581. The summed E-state index contributed by atoms with van der Waals surface area (Å²) in [6, 6.07) is 3.83. The molecule has 1 unspecified atom stereocenters. The fourth-order valence-corrected chi connectivity index (χ4v) is 2.24. The molecule has 86 valence electrons. The van der Waals surface area contributed by atoms with Gasteiger partial charge in [0.05, 0.1) is 0 Å². The van der Waals surface area contributed by atoms with Crippen molar-refractivity contribution >= 4 is 5.78 Å². The van der Waals surface area contributed by atoms with Crippen LogP contribution in [0.25, 0.3) is 0 Å². The molecule has 1 aromatic carbocycles. The van der Waals surface area contributed by atoms with Crippen molar-refractivity contribution in [2.75, 3.05) is 0 Å². The van der Waals surface area contributed by atoms with Gasteiger partial charge in [0.1, 0.15) is 17.4 Å². The maximum Gasteiger partial charge on any atom is 0.136 e. The predicted molar refractivity (Wildman–Crippen MR) is 57.0 cm³/mol. The second-order valence-corrected chi connectivity index (χ2v) is 4.31. The van der Waals surface area contributed by atoms with Gasteiger partial charge in [-0.25, -0.2) is 8.78 Å². The van der Waals surface area contributed by atoms with Crippen LogP contribution in [0.5, 0.6) is 0 Å². The van der Waals surface area contributed by atoms with Crippen LogP contribution in [0.4, 0.5) is 8.78 Å². The monoisotopic (exact) mass is 224 g/mol. The normalized spacial score (nSPS) is 21.1. The highest BCUT2D eigenvalue weighted by Gasteiger charge is 2.24. The third-order valence-corrected chi connectivity index (χ3v) is 3.19. The minimum atomic E-state index is -0.543. The Hall–Kier alpha value is -1.25. The fraction of sp³-hybridized carbons (Fsp3) is 0.462. The van der Waals surface area contributed by atoms with E-state index in [9.17, 15) is 13.6 Å². The van der Waals surface area contributed by atoms with Gasteiger partial charge in [-0.2, -0.15) is 0 Å². The summed E-state index contributed by atoms with van der Waals surface area (Å²) < 4.78 is 26.8. The van der Waals surface area contributed by atoms with Crippen LogP contribution in [-0.4, -0.2) is 5.78 Å². The van der Waals surface area contributed by atoms with E-state index in [0.29, 0.717) is 6.42 Å². The number of carbonyl (C=O) groups excluding carboxylic acids is 1. The maximum atomic E-state index is 13.4. The van der Waals surface area contributed by atoms with Crippen molar-refractivity contribution in [3.63, 3.8) is 0 Å². The molecule has 1 aliphatic carbocycles. The van der Waals surface area contributed by atoms with Gasteiger partial charge in [-0.05, 0) is 31.4 Å². The molecule has 1 saturated carbocycles. The first kappa shape index (κ1) is 11.2. The molecule has 1 aliphatic rings. The van der Waals surface area contributed by atoms with Gasteiger partial charge < -0.3 is 0 Å². The van der Waals surface area contributed by atoms with E-state index in [-0.39, 0.29) is 23.7 Å². The molecule has 1 atom stereocenters. The van der Waals surface area contributed by atoms with Gasteiger partial charge in [-0.3, -0.25) is 4.79 Å². The molecular formula is C13H14F2O. The van der Waals surface area contributed by atoms with E-state index < -0.39 is 11.6 Å². The summed E-state index contributed by atoms with van der Waals surface area (Å²) in [5, 5.41) is 0. The molecule has 1 fully saturated rings. The number of Topliss-reactive ketones (excluding diaryl/α,β-unsaturated/α-hetero) is 1. The van der Waals surface area contributed by atoms with Gasteiger partial charge in [-0.1, -0.05) is 12.5 Å². The summed E-state index contributed by atoms with van der Waals surface area (Å²) >= 11 is 0. The zero-order valence-corrected chi connectivity index (χ0v) is 9.01. The Bertz CT molecular complexity index is 381. The second kappa shape index (κ2) is 4.73. The number of carbonyl (C=O) groups is 1. The number of hydrogen-bond donors (Lipinski definition) is 0. The van der Waals surface area contributed by atoms with Gasteiger partial charge >= 0.3 is 0 Å². The van der Waals surface area contributed by atoms with Crippen molar-refractivity contribution in [1.82, 2.24) is 0 Å². The van der Waals surface area contributed by atoms with Crippen LogP contribution in [-0.2, 0) is 11.2 Å². The number of hydrogen-bond acceptors (Lipinski definition) is 1. The van der Waals surface area contributed by atoms with E-state index in [1.807, 2.05) is 0 Å². The quantitative estimate of drug-likeness (QED) is 0.753. The molecule has 0 N–H and O–H groups in total. The van der Waals surface area contributed by atoms with Gasteiger partial charge in [0.25, 0.3) is 0 Å². The molecule has 3 heteroatoms. The number of ketones is 1. The lowest BCUT2D eigenvalue weighted by atomic mass is 9.83. The van der Waals surface area contributed by atoms with E-state index in [4.69, 9.17) is 0 Å². The third-order valence-electron chi connectivity index (χ3n) is 3.19. The van der Waals surface area contributed by atoms with Crippen LogP contribution in [0.15, 0.2) is 18.2 Å². The lowest BCUT2D eigenvalue weighted by molar-refractivity contribution is -0.124. The average molecular weight is 224 g/mol. The maximum absolute atomic E-state index is 13.4. The van der Waals surface area contributed by atoms with Crippen LogP contribution < -0.4 is 0 Å². The summed E-state index contributed by atoms with van der Waals surface area (Å²) in [5.74, 6) is -1.13. The van der Waals surface area contributed by atoms with Gasteiger partial charge in [-0.15, -0.1) is 0 Å². The van der Waals surface area contributed by atoms with Crippen molar-refractivity contribution in [3.05, 3.63) is 35.4 Å². The third kappa shape index (κ3) is 2.29. The Morgan fingerprint density at radius 2 is 1.88 bits per heavy atom. The van der Waals surface area contributed by atoms with E-state index in [2.05, 4.69) is 0 Å². The van der Waals surface area contributed by atoms with Crippen LogP contribution >= 0.6 is 0 Å². The Labute approximate surface area is 93.5 Å². The zero-order chi connectivity index (χ0) is 11.5. The molecule has 2 rings (SSSR count). The Morgan fingerprint density at radius 3 is 2.50 bits per heavy atom. The molecular weight excluding hydrogens is 210 g/mol. The number of benzene rings is 1. The molecule has 0 aliphatic heterocycles. The fourth-order valence-electron chi connectivity index (χ4n) is 2.24. The molecule has 16 heavy (non-hydrogen) atoms. The summed E-state index contributed by atoms with van der Waals surface area (Å²) in [4.78, 5) is 11.6. The minimum Gasteiger partial charge on any atom is -0.299 e. The molecule has 0 saturated heterocycles. The first-order valence-electron chi connectivity index (χ1n) is 5.64. The van der Waals surface area contributed by atoms with Crippen LogP contribution in [0.1, 0.15) is 31.2 Å². The van der Waals surface area contributed by atoms with Gasteiger partial charge in [0.15, 0.2) is 0 Å². The van der Waals surface area contributed by atoms with Crippen LogP contribution in [0.3, 0.4) is 0 Å². The Balaban J connectivity index is 2.16. The molecule has 0 amide bonds. The highest BCUT2D eigenvalue weighted by atomic mass is 19.1. The second-order valence-electron chi connectivity index (χ2n) is 4.31. The summed E-state index contributed by atoms with van der Waals surface area (Å²) in [6.45, 7) is 0. The van der Waals surface area contributed by atoms with Crippen molar-refractivity contribution in [1.29, 1.82) is 0 Å². The lowest BCUT2D eigenvalue weighted by Crippen LogP contribution is -2.22. The zero-order valence-electron chi connectivity index (χ0n) is 9.01. The Kier molecular flexibility index (Phi) is 3.32. The number of halogens is 2. The first-order valence-corrected chi connectivity index (χ1v) is 5.64. The van der Waals surface area contributed by atoms with E-state index in [0.717, 1.165) is 19.3 Å². The molecule has 0 bridgehead atoms. The smallest absolute Gasteiger partial charge is 0.136 e. The highest BCUT2D eigenvalue weighted by Crippen LogP contribution is 2.26. The predicted octanol–water partition coefficient (Wildman–Crippen LogP) is 3.27. The number of rotatable bonds is 2. The highest BCUT2D eigenvalue weighted by molar-refractivity contribution is 5.81. The van der Waals surface area contributed by atoms with Gasteiger partial charge in [0.2, 0.25) is 0 Å². The van der Waals surface area contributed by atoms with Crippen LogP contribution in [0, 0.1) is 17.6 Å². The summed E-state index contributed by atoms with van der Waals surface area (Å²) in [7, 11) is 0. The largest absolute Gasteiger partial charge is 0.299 e. The van der Waals surface area contributed by atoms with Crippen molar-refractivity contribution < 1.29 is 13.6 Å². The molecule has 0 heterocycles. The molecule has 0 aromatic heterocycles. The molecule has 1 nitrogen and oxygen atoms in total. The van der Waals surface area contributed by atoms with E-state index in [1.165, 1.54) is 18.2 Å². The lowest BCUT2D eigenvalue weighted by Gasteiger charge is -2.20. The van der Waals surface area contributed by atoms with Gasteiger partial charge in [0, 0.05) is 17.9 Å². The average Bonchev–Trinajstić information content (AvgIpc) is 2.26. The van der Waals surface area contributed by atoms with Crippen LogP contribution in [0.2, 0.25) is 0 Å².